The van der Waals surface area contributed by atoms with Gasteiger partial charge in [0.2, 0.25) is 0 Å². The van der Waals surface area contributed by atoms with Crippen LogP contribution in [0.25, 0.3) is 0 Å². The molecule has 2 rings (SSSR count). The van der Waals surface area contributed by atoms with Crippen LogP contribution in [0.2, 0.25) is 0 Å². The van der Waals surface area contributed by atoms with Crippen LogP contribution in [0.3, 0.4) is 0 Å². The molecule has 0 unspecified atom stereocenters. The molecule has 0 aromatic heterocycles. The summed E-state index contributed by atoms with van der Waals surface area (Å²) in [4.78, 5) is 28.1. The van der Waals surface area contributed by atoms with Crippen LogP contribution < -0.4 is 5.32 Å². The number of piperazine rings is 1. The Morgan fingerprint density at radius 1 is 1.14 bits per heavy atom. The summed E-state index contributed by atoms with van der Waals surface area (Å²) in [5.41, 5.74) is 0.380. The largest absolute Gasteiger partial charge is 0.445 e. The fourth-order valence-corrected chi connectivity index (χ4v) is 2.95. The van der Waals surface area contributed by atoms with Gasteiger partial charge in [0.1, 0.15) is 12.2 Å². The maximum Gasteiger partial charge on any atom is 0.410 e. The quantitative estimate of drug-likeness (QED) is 0.751. The van der Waals surface area contributed by atoms with E-state index < -0.39 is 23.8 Å². The molecule has 8 heteroatoms. The second-order valence-electron chi connectivity index (χ2n) is 8.32. The summed E-state index contributed by atoms with van der Waals surface area (Å²) < 4.78 is 10.6. The summed E-state index contributed by atoms with van der Waals surface area (Å²) in [7, 11) is 0. The number of rotatable bonds is 6. The van der Waals surface area contributed by atoms with Crippen LogP contribution in [0.15, 0.2) is 30.3 Å². The number of ether oxygens (including phenoxy) is 2. The predicted octanol–water partition coefficient (Wildman–Crippen LogP) is 2.21. The molecular formula is C21H33N3O5. The van der Waals surface area contributed by atoms with Gasteiger partial charge < -0.3 is 24.8 Å². The number of hydrogen-bond acceptors (Lipinski definition) is 6. The number of nitrogens with one attached hydrogen (secondary N) is 1. The molecule has 1 fully saturated rings. The van der Waals surface area contributed by atoms with E-state index in [0.717, 1.165) is 5.56 Å². The van der Waals surface area contributed by atoms with E-state index in [-0.39, 0.29) is 12.7 Å². The molecule has 0 aliphatic carbocycles. The van der Waals surface area contributed by atoms with Gasteiger partial charge in [-0.2, -0.15) is 0 Å². The van der Waals surface area contributed by atoms with Gasteiger partial charge in [0.15, 0.2) is 0 Å². The average molecular weight is 408 g/mol. The van der Waals surface area contributed by atoms with Crippen molar-refractivity contribution in [3.8, 4) is 0 Å². The van der Waals surface area contributed by atoms with Gasteiger partial charge in [-0.15, -0.1) is 0 Å². The first kappa shape index (κ1) is 23.0. The van der Waals surface area contributed by atoms with E-state index in [4.69, 9.17) is 9.47 Å². The number of benzene rings is 1. The summed E-state index contributed by atoms with van der Waals surface area (Å²) >= 11 is 0. The van der Waals surface area contributed by atoms with Crippen LogP contribution in [0.4, 0.5) is 9.59 Å². The molecule has 1 aliphatic heterocycles. The van der Waals surface area contributed by atoms with Crippen molar-refractivity contribution in [1.29, 1.82) is 0 Å². The van der Waals surface area contributed by atoms with Crippen molar-refractivity contribution in [2.24, 2.45) is 0 Å². The first-order valence-corrected chi connectivity index (χ1v) is 9.99. The minimum Gasteiger partial charge on any atom is -0.445 e. The fraction of sp³-hybridized carbons (Fsp3) is 0.619. The third-order valence-electron chi connectivity index (χ3n) is 4.58. The van der Waals surface area contributed by atoms with E-state index >= 15 is 0 Å². The third-order valence-corrected chi connectivity index (χ3v) is 4.58. The number of nitrogens with zero attached hydrogens (tertiary/aromatic N) is 2. The van der Waals surface area contributed by atoms with Crippen molar-refractivity contribution < 1.29 is 24.2 Å². The van der Waals surface area contributed by atoms with Gasteiger partial charge in [-0.05, 0) is 33.3 Å². The third kappa shape index (κ3) is 8.29. The van der Waals surface area contributed by atoms with Crippen molar-refractivity contribution in [3.63, 3.8) is 0 Å². The maximum atomic E-state index is 12.2. The summed E-state index contributed by atoms with van der Waals surface area (Å²) in [6.07, 6.45) is -1.61. The minimum atomic E-state index is -0.733. The highest BCUT2D eigenvalue weighted by atomic mass is 16.6. The van der Waals surface area contributed by atoms with Crippen LogP contribution >= 0.6 is 0 Å². The zero-order chi connectivity index (χ0) is 21.4. The van der Waals surface area contributed by atoms with Gasteiger partial charge in [-0.25, -0.2) is 9.59 Å². The van der Waals surface area contributed by atoms with E-state index in [1.54, 1.807) is 11.8 Å². The molecule has 0 saturated carbocycles. The van der Waals surface area contributed by atoms with E-state index in [2.05, 4.69) is 10.2 Å². The lowest BCUT2D eigenvalue weighted by Crippen LogP contribution is -2.55. The zero-order valence-corrected chi connectivity index (χ0v) is 17.8. The highest BCUT2D eigenvalue weighted by molar-refractivity contribution is 5.68. The second-order valence-corrected chi connectivity index (χ2v) is 8.32. The van der Waals surface area contributed by atoms with Gasteiger partial charge in [0.05, 0.1) is 12.1 Å². The number of amides is 2. The van der Waals surface area contributed by atoms with E-state index in [0.29, 0.717) is 32.7 Å². The molecule has 0 bridgehead atoms. The second kappa shape index (κ2) is 10.5. The molecule has 29 heavy (non-hydrogen) atoms. The zero-order valence-electron chi connectivity index (χ0n) is 17.8. The lowest BCUT2D eigenvalue weighted by atomic mass is 10.1. The topological polar surface area (TPSA) is 91.3 Å². The van der Waals surface area contributed by atoms with Crippen LogP contribution in [-0.4, -0.2) is 77.6 Å². The van der Waals surface area contributed by atoms with Gasteiger partial charge in [0, 0.05) is 32.7 Å². The molecule has 2 N–H and O–H groups in total. The van der Waals surface area contributed by atoms with E-state index in [1.165, 1.54) is 0 Å². The molecule has 8 nitrogen and oxygen atoms in total. The van der Waals surface area contributed by atoms with Crippen LogP contribution in [0.5, 0.6) is 0 Å². The van der Waals surface area contributed by atoms with Crippen molar-refractivity contribution >= 4 is 12.2 Å². The number of aliphatic hydroxyl groups is 1. The van der Waals surface area contributed by atoms with Gasteiger partial charge >= 0.3 is 12.2 Å². The number of carbonyl (C=O) groups is 2. The molecule has 2 atom stereocenters. The first-order chi connectivity index (χ1) is 13.6. The number of alkyl carbamates (subject to hydrolysis) is 1. The monoisotopic (exact) mass is 407 g/mol. The Balaban J connectivity index is 1.77. The van der Waals surface area contributed by atoms with Crippen molar-refractivity contribution in [3.05, 3.63) is 35.9 Å². The fourth-order valence-electron chi connectivity index (χ4n) is 2.95. The average Bonchev–Trinajstić information content (AvgIpc) is 2.66. The van der Waals surface area contributed by atoms with E-state index in [1.807, 2.05) is 51.1 Å². The lowest BCUT2D eigenvalue weighted by Gasteiger charge is -2.37. The molecule has 1 saturated heterocycles. The minimum absolute atomic E-state index is 0.174. The number of aliphatic hydroxyl groups excluding tert-OH is 1. The summed E-state index contributed by atoms with van der Waals surface area (Å²) in [6, 6.07) is 8.95. The normalized spacial score (nSPS) is 17.3. The van der Waals surface area contributed by atoms with Gasteiger partial charge in [0.25, 0.3) is 0 Å². The smallest absolute Gasteiger partial charge is 0.410 e. The Morgan fingerprint density at radius 3 is 2.31 bits per heavy atom. The van der Waals surface area contributed by atoms with Crippen LogP contribution in [0.1, 0.15) is 33.3 Å². The standard InChI is InChI=1S/C21H33N3O5/c1-16(25)18(22-19(26)28-15-17-8-6-5-7-9-17)14-23-10-12-24(13-11-23)20(27)29-21(2,3)4/h5-9,16,18,25H,10-15H2,1-4H3,(H,22,26)/t16-,18-/m0/s1. The lowest BCUT2D eigenvalue weighted by molar-refractivity contribution is 0.0118. The number of carbonyl (C=O) groups excluding carboxylic acids is 2. The molecular weight excluding hydrogens is 374 g/mol. The Hall–Kier alpha value is -2.32. The molecule has 0 spiro atoms. The van der Waals surface area contributed by atoms with Gasteiger partial charge in [-0.1, -0.05) is 30.3 Å². The van der Waals surface area contributed by atoms with Crippen LogP contribution in [0, 0.1) is 0 Å². The molecule has 1 aromatic carbocycles. The Kier molecular flexibility index (Phi) is 8.28. The van der Waals surface area contributed by atoms with Crippen LogP contribution in [-0.2, 0) is 16.1 Å². The SMILES string of the molecule is C[C@H](O)[C@H](CN1CCN(C(=O)OC(C)(C)C)CC1)NC(=O)OCc1ccccc1. The Labute approximate surface area is 172 Å². The van der Waals surface area contributed by atoms with Gasteiger partial charge in [-0.3, -0.25) is 4.90 Å². The molecule has 162 valence electrons. The maximum absolute atomic E-state index is 12.2. The molecule has 0 radical (unpaired) electrons. The van der Waals surface area contributed by atoms with E-state index in [9.17, 15) is 14.7 Å². The highest BCUT2D eigenvalue weighted by Crippen LogP contribution is 2.12. The molecule has 1 heterocycles. The summed E-state index contributed by atoms with van der Waals surface area (Å²) in [6.45, 7) is 10.2. The Bertz CT molecular complexity index is 652. The summed E-state index contributed by atoms with van der Waals surface area (Å²) in [5, 5.41) is 12.8. The molecule has 1 aromatic rings. The predicted molar refractivity (Wildman–Crippen MR) is 109 cm³/mol. The van der Waals surface area contributed by atoms with Crippen molar-refractivity contribution in [1.82, 2.24) is 15.1 Å². The Morgan fingerprint density at radius 2 is 1.76 bits per heavy atom. The summed E-state index contributed by atoms with van der Waals surface area (Å²) in [5.74, 6) is 0. The highest BCUT2D eigenvalue weighted by Gasteiger charge is 2.28. The van der Waals surface area contributed by atoms with Crippen molar-refractivity contribution in [2.75, 3.05) is 32.7 Å². The van der Waals surface area contributed by atoms with Crippen molar-refractivity contribution in [2.45, 2.75) is 52.0 Å². The molecule has 1 aliphatic rings. The molecule has 2 amide bonds. The number of hydrogen-bond donors (Lipinski definition) is 2. The first-order valence-electron chi connectivity index (χ1n) is 9.99.